The van der Waals surface area contributed by atoms with Crippen LogP contribution in [0.25, 0.3) is 0 Å². The van der Waals surface area contributed by atoms with E-state index < -0.39 is 6.23 Å². The molecular weight excluding hydrogens is 390 g/mol. The van der Waals surface area contributed by atoms with Crippen molar-refractivity contribution >= 4 is 23.0 Å². The van der Waals surface area contributed by atoms with Crippen molar-refractivity contribution in [3.8, 4) is 5.75 Å². The fourth-order valence-corrected chi connectivity index (χ4v) is 4.11. The van der Waals surface area contributed by atoms with E-state index in [1.807, 2.05) is 47.5 Å². The van der Waals surface area contributed by atoms with Crippen molar-refractivity contribution in [3.63, 3.8) is 0 Å². The molecule has 0 N–H and O–H groups in total. The number of hydrogen-bond acceptors (Lipinski definition) is 5. The molecule has 5 rings (SSSR count). The van der Waals surface area contributed by atoms with Crippen molar-refractivity contribution in [2.75, 3.05) is 0 Å². The molecule has 2 unspecified atom stereocenters. The largest absolute Gasteiger partial charge is 0.464 e. The van der Waals surface area contributed by atoms with Gasteiger partial charge >= 0.3 is 0 Å². The number of para-hydroxylation sites is 1. The monoisotopic (exact) mass is 405 g/mol. The molecule has 3 aromatic carbocycles. The molecule has 0 fully saturated rings. The van der Waals surface area contributed by atoms with Gasteiger partial charge < -0.3 is 4.74 Å². The van der Waals surface area contributed by atoms with E-state index >= 15 is 0 Å². The summed E-state index contributed by atoms with van der Waals surface area (Å²) >= 11 is 6.24. The average molecular weight is 406 g/mol. The smallest absolute Gasteiger partial charge is 0.278 e. The molecule has 0 saturated carbocycles. The van der Waals surface area contributed by atoms with Crippen LogP contribution in [0.15, 0.2) is 77.9 Å². The summed E-state index contributed by atoms with van der Waals surface area (Å²) in [7, 11) is 0. The van der Waals surface area contributed by atoms with E-state index in [4.69, 9.17) is 21.4 Å². The molecule has 0 aromatic heterocycles. The summed E-state index contributed by atoms with van der Waals surface area (Å²) in [4.78, 5) is 11.2. The second-order valence-electron chi connectivity index (χ2n) is 6.98. The van der Waals surface area contributed by atoms with Gasteiger partial charge in [0.25, 0.3) is 5.69 Å². The molecule has 0 amide bonds. The van der Waals surface area contributed by atoms with Crippen LogP contribution in [0.5, 0.6) is 5.75 Å². The molecule has 0 bridgehead atoms. The minimum atomic E-state index is -0.698. The first kappa shape index (κ1) is 17.7. The highest BCUT2D eigenvalue weighted by Gasteiger charge is 2.43. The first-order valence-electron chi connectivity index (χ1n) is 9.22. The molecule has 144 valence electrons. The molecule has 2 aliphatic heterocycles. The number of rotatable bonds is 3. The number of benzene rings is 3. The van der Waals surface area contributed by atoms with E-state index in [2.05, 4.69) is 0 Å². The zero-order chi connectivity index (χ0) is 20.0. The Balaban J connectivity index is 1.65. The van der Waals surface area contributed by atoms with Crippen molar-refractivity contribution in [1.82, 2.24) is 5.01 Å². The Hall–Kier alpha value is -3.38. The minimum absolute atomic E-state index is 0.0111. The van der Waals surface area contributed by atoms with E-state index in [1.54, 1.807) is 24.3 Å². The van der Waals surface area contributed by atoms with E-state index in [0.29, 0.717) is 22.8 Å². The molecule has 0 saturated heterocycles. The van der Waals surface area contributed by atoms with Crippen molar-refractivity contribution in [1.29, 1.82) is 0 Å². The van der Waals surface area contributed by atoms with Gasteiger partial charge in [0.05, 0.1) is 22.2 Å². The molecule has 0 aliphatic carbocycles. The Morgan fingerprint density at radius 1 is 1.03 bits per heavy atom. The summed E-state index contributed by atoms with van der Waals surface area (Å²) in [6.07, 6.45) is -0.0332. The van der Waals surface area contributed by atoms with E-state index in [-0.39, 0.29) is 16.7 Å². The summed E-state index contributed by atoms with van der Waals surface area (Å²) in [5.74, 6) is 0.670. The van der Waals surface area contributed by atoms with Gasteiger partial charge in [-0.3, -0.25) is 10.1 Å². The maximum atomic E-state index is 11.6. The lowest BCUT2D eigenvalue weighted by atomic mass is 9.95. The van der Waals surface area contributed by atoms with E-state index in [1.165, 1.54) is 6.07 Å². The average Bonchev–Trinajstić information content (AvgIpc) is 3.20. The van der Waals surface area contributed by atoms with Gasteiger partial charge in [0.2, 0.25) is 6.23 Å². The van der Waals surface area contributed by atoms with Gasteiger partial charge in [0, 0.05) is 23.1 Å². The first-order chi connectivity index (χ1) is 14.1. The molecule has 2 aliphatic rings. The van der Waals surface area contributed by atoms with Gasteiger partial charge in [0.1, 0.15) is 5.75 Å². The Morgan fingerprint density at radius 2 is 1.79 bits per heavy atom. The third-order valence-corrected chi connectivity index (χ3v) is 5.49. The maximum absolute atomic E-state index is 11.6. The summed E-state index contributed by atoms with van der Waals surface area (Å²) < 4.78 is 6.22. The molecule has 0 spiro atoms. The summed E-state index contributed by atoms with van der Waals surface area (Å²) in [5, 5.41) is 18.9. The molecule has 2 atom stereocenters. The second-order valence-corrected chi connectivity index (χ2v) is 7.42. The molecule has 3 aromatic rings. The van der Waals surface area contributed by atoms with E-state index in [9.17, 15) is 10.1 Å². The van der Waals surface area contributed by atoms with Crippen molar-refractivity contribution in [2.45, 2.75) is 18.7 Å². The Morgan fingerprint density at radius 3 is 2.59 bits per heavy atom. The van der Waals surface area contributed by atoms with Gasteiger partial charge in [-0.05, 0) is 29.8 Å². The van der Waals surface area contributed by atoms with Gasteiger partial charge in [-0.15, -0.1) is 0 Å². The lowest BCUT2D eigenvalue weighted by Gasteiger charge is -2.38. The predicted octanol–water partition coefficient (Wildman–Crippen LogP) is 5.49. The van der Waals surface area contributed by atoms with Crippen LogP contribution in [0.2, 0.25) is 5.02 Å². The zero-order valence-electron chi connectivity index (χ0n) is 15.2. The van der Waals surface area contributed by atoms with Crippen LogP contribution < -0.4 is 4.74 Å². The third kappa shape index (κ3) is 3.02. The lowest BCUT2D eigenvalue weighted by Crippen LogP contribution is -2.34. The number of hydrazone groups is 1. The summed E-state index contributed by atoms with van der Waals surface area (Å²) in [6, 6.07) is 21.9. The molecule has 29 heavy (non-hydrogen) atoms. The van der Waals surface area contributed by atoms with Crippen LogP contribution in [0.1, 0.15) is 35.4 Å². The van der Waals surface area contributed by atoms with Gasteiger partial charge in [-0.25, -0.2) is 5.01 Å². The number of nitro benzene ring substituents is 1. The fraction of sp³-hybridized carbons (Fsp3) is 0.136. The molecule has 6 nitrogen and oxygen atoms in total. The number of halogens is 1. The van der Waals surface area contributed by atoms with E-state index in [0.717, 1.165) is 16.8 Å². The SMILES string of the molecule is O=[N+]([O-])c1ccccc1C1Oc2ccc(Cl)cc2C2CC(c3ccccc3)=NN21. The Labute approximate surface area is 172 Å². The quantitative estimate of drug-likeness (QED) is 0.426. The number of nitro groups is 1. The molecule has 2 heterocycles. The third-order valence-electron chi connectivity index (χ3n) is 5.26. The highest BCUT2D eigenvalue weighted by atomic mass is 35.5. The van der Waals surface area contributed by atoms with Crippen molar-refractivity contribution < 1.29 is 9.66 Å². The normalized spacial score (nSPS) is 19.8. The lowest BCUT2D eigenvalue weighted by molar-refractivity contribution is -0.386. The summed E-state index contributed by atoms with van der Waals surface area (Å²) in [6.45, 7) is 0. The van der Waals surface area contributed by atoms with Crippen LogP contribution in [-0.4, -0.2) is 15.6 Å². The molecule has 7 heteroatoms. The van der Waals surface area contributed by atoms with Crippen LogP contribution >= 0.6 is 11.6 Å². The standard InChI is InChI=1S/C22H16ClN3O3/c23-15-10-11-21-17(12-15)20-13-18(14-6-2-1-3-7-14)24-25(20)22(29-21)16-8-4-5-9-19(16)26(27)28/h1-12,20,22H,13H2. The zero-order valence-corrected chi connectivity index (χ0v) is 16.0. The number of fused-ring (bicyclic) bond motifs is 3. The highest BCUT2D eigenvalue weighted by molar-refractivity contribution is 6.30. The molecule has 0 radical (unpaired) electrons. The van der Waals surface area contributed by atoms with Crippen molar-refractivity contribution in [2.24, 2.45) is 5.10 Å². The van der Waals surface area contributed by atoms with Gasteiger partial charge in [-0.1, -0.05) is 54.1 Å². The number of ether oxygens (including phenoxy) is 1. The number of hydrogen-bond donors (Lipinski definition) is 0. The molecular formula is C22H16ClN3O3. The van der Waals surface area contributed by atoms with Gasteiger partial charge in [0.15, 0.2) is 0 Å². The maximum Gasteiger partial charge on any atom is 0.278 e. The summed E-state index contributed by atoms with van der Waals surface area (Å²) in [5.41, 5.74) is 3.35. The first-order valence-corrected chi connectivity index (χ1v) is 9.60. The Kier molecular flexibility index (Phi) is 4.21. The topological polar surface area (TPSA) is 68.0 Å². The van der Waals surface area contributed by atoms with Crippen LogP contribution in [0.4, 0.5) is 5.69 Å². The predicted molar refractivity (Wildman–Crippen MR) is 110 cm³/mol. The second kappa shape index (κ2) is 6.90. The van der Waals surface area contributed by atoms with Crippen LogP contribution in [-0.2, 0) is 0 Å². The fourth-order valence-electron chi connectivity index (χ4n) is 3.93. The van der Waals surface area contributed by atoms with Gasteiger partial charge in [-0.2, -0.15) is 5.10 Å². The van der Waals surface area contributed by atoms with Crippen LogP contribution in [0.3, 0.4) is 0 Å². The highest BCUT2D eigenvalue weighted by Crippen LogP contribution is 2.49. The van der Waals surface area contributed by atoms with Crippen molar-refractivity contribution in [3.05, 3.63) is 105 Å². The Bertz CT molecular complexity index is 1130. The van der Waals surface area contributed by atoms with Crippen LogP contribution in [0, 0.1) is 10.1 Å². The number of nitrogens with zero attached hydrogens (tertiary/aromatic N) is 3. The minimum Gasteiger partial charge on any atom is -0.464 e.